The first kappa shape index (κ1) is 17.3. The molecule has 1 aromatic heterocycles. The van der Waals surface area contributed by atoms with Crippen molar-refractivity contribution in [2.75, 3.05) is 19.5 Å². The second-order valence-electron chi connectivity index (χ2n) is 5.30. The van der Waals surface area contributed by atoms with Crippen molar-refractivity contribution in [2.45, 2.75) is 0 Å². The molecule has 0 spiro atoms. The molecule has 132 valence electrons. The van der Waals surface area contributed by atoms with Gasteiger partial charge in [-0.3, -0.25) is 4.79 Å². The van der Waals surface area contributed by atoms with E-state index in [0.717, 1.165) is 0 Å². The van der Waals surface area contributed by atoms with Crippen molar-refractivity contribution in [3.05, 3.63) is 72.4 Å². The van der Waals surface area contributed by atoms with Gasteiger partial charge in [0.2, 0.25) is 5.88 Å². The van der Waals surface area contributed by atoms with Gasteiger partial charge in [-0.1, -0.05) is 18.2 Å². The molecule has 0 aliphatic carbocycles. The van der Waals surface area contributed by atoms with Crippen LogP contribution in [0.25, 0.3) is 0 Å². The number of pyridine rings is 1. The normalized spacial score (nSPS) is 10.1. The van der Waals surface area contributed by atoms with Crippen LogP contribution in [0.3, 0.4) is 0 Å². The Morgan fingerprint density at radius 2 is 1.69 bits per heavy atom. The topological polar surface area (TPSA) is 69.7 Å². The highest BCUT2D eigenvalue weighted by molar-refractivity contribution is 6.05. The summed E-state index contributed by atoms with van der Waals surface area (Å²) in [5.41, 5.74) is 0.897. The molecule has 26 heavy (non-hydrogen) atoms. The average molecular weight is 350 g/mol. The number of rotatable bonds is 6. The van der Waals surface area contributed by atoms with Gasteiger partial charge in [-0.2, -0.15) is 0 Å². The Labute approximate surface area is 151 Å². The number of methoxy groups -OCH3 is 2. The van der Waals surface area contributed by atoms with Gasteiger partial charge >= 0.3 is 0 Å². The van der Waals surface area contributed by atoms with Gasteiger partial charge in [-0.15, -0.1) is 0 Å². The molecule has 3 rings (SSSR count). The van der Waals surface area contributed by atoms with E-state index in [1.807, 2.05) is 30.3 Å². The molecule has 3 aromatic rings. The highest BCUT2D eigenvalue weighted by atomic mass is 16.5. The van der Waals surface area contributed by atoms with Crippen LogP contribution in [-0.4, -0.2) is 25.1 Å². The first-order valence-electron chi connectivity index (χ1n) is 7.92. The molecule has 1 heterocycles. The lowest BCUT2D eigenvalue weighted by atomic mass is 10.2. The number of carbonyl (C=O) groups excluding carboxylic acids is 1. The molecular formula is C20H18N2O4. The lowest BCUT2D eigenvalue weighted by Crippen LogP contribution is -2.13. The smallest absolute Gasteiger partial charge is 0.255 e. The monoisotopic (exact) mass is 350 g/mol. The standard InChI is InChI=1S/C20H18N2O4/c1-24-17-11-10-14(13-18(17)25-2)19(23)22-16-9-6-12-21-20(16)26-15-7-4-3-5-8-15/h3-13H,1-2H3,(H,22,23). The van der Waals surface area contributed by atoms with Crippen LogP contribution in [0.1, 0.15) is 10.4 Å². The second kappa shape index (κ2) is 8.02. The predicted molar refractivity (Wildman–Crippen MR) is 98.3 cm³/mol. The van der Waals surface area contributed by atoms with Crippen LogP contribution >= 0.6 is 0 Å². The number of benzene rings is 2. The van der Waals surface area contributed by atoms with Crippen LogP contribution in [0, 0.1) is 0 Å². The zero-order valence-electron chi connectivity index (χ0n) is 14.4. The molecule has 0 saturated carbocycles. The van der Waals surface area contributed by atoms with Crippen LogP contribution in [0.15, 0.2) is 66.9 Å². The Balaban J connectivity index is 1.82. The Morgan fingerprint density at radius 1 is 0.923 bits per heavy atom. The first-order chi connectivity index (χ1) is 12.7. The number of hydrogen-bond acceptors (Lipinski definition) is 5. The van der Waals surface area contributed by atoms with Crippen molar-refractivity contribution in [2.24, 2.45) is 0 Å². The SMILES string of the molecule is COc1ccc(C(=O)Nc2cccnc2Oc2ccccc2)cc1OC. The van der Waals surface area contributed by atoms with E-state index in [-0.39, 0.29) is 5.91 Å². The molecule has 0 aliphatic heterocycles. The molecule has 0 bridgehead atoms. The summed E-state index contributed by atoms with van der Waals surface area (Å²) in [5, 5.41) is 2.81. The van der Waals surface area contributed by atoms with Gasteiger partial charge < -0.3 is 19.5 Å². The number of nitrogens with one attached hydrogen (secondary N) is 1. The molecule has 6 heteroatoms. The van der Waals surface area contributed by atoms with Crippen molar-refractivity contribution in [3.8, 4) is 23.1 Å². The highest BCUT2D eigenvalue weighted by Gasteiger charge is 2.14. The number of ether oxygens (including phenoxy) is 3. The van der Waals surface area contributed by atoms with E-state index in [0.29, 0.717) is 34.4 Å². The summed E-state index contributed by atoms with van der Waals surface area (Å²) in [7, 11) is 3.06. The first-order valence-corrected chi connectivity index (χ1v) is 7.92. The van der Waals surface area contributed by atoms with Crippen molar-refractivity contribution in [3.63, 3.8) is 0 Å². The molecular weight excluding hydrogens is 332 g/mol. The molecule has 1 N–H and O–H groups in total. The summed E-state index contributed by atoms with van der Waals surface area (Å²) in [5.74, 6) is 1.67. The minimum Gasteiger partial charge on any atom is -0.493 e. The molecule has 2 aromatic carbocycles. The van der Waals surface area contributed by atoms with E-state index in [4.69, 9.17) is 14.2 Å². The molecule has 1 amide bonds. The fourth-order valence-corrected chi connectivity index (χ4v) is 2.34. The van der Waals surface area contributed by atoms with Crippen molar-refractivity contribution < 1.29 is 19.0 Å². The summed E-state index contributed by atoms with van der Waals surface area (Å²) in [4.78, 5) is 16.8. The molecule has 0 atom stereocenters. The Bertz CT molecular complexity index is 897. The third-order valence-corrected chi connectivity index (χ3v) is 3.62. The molecule has 0 unspecified atom stereocenters. The molecule has 0 fully saturated rings. The van der Waals surface area contributed by atoms with Crippen LogP contribution in [-0.2, 0) is 0 Å². The van der Waals surface area contributed by atoms with Gasteiger partial charge in [-0.25, -0.2) is 4.98 Å². The molecule has 6 nitrogen and oxygen atoms in total. The largest absolute Gasteiger partial charge is 0.493 e. The molecule has 0 aliphatic rings. The van der Waals surface area contributed by atoms with Crippen molar-refractivity contribution in [1.82, 2.24) is 4.98 Å². The maximum atomic E-state index is 12.6. The molecule has 0 radical (unpaired) electrons. The van der Waals surface area contributed by atoms with Crippen LogP contribution in [0.5, 0.6) is 23.1 Å². The summed E-state index contributed by atoms with van der Waals surface area (Å²) in [6.45, 7) is 0. The highest BCUT2D eigenvalue weighted by Crippen LogP contribution is 2.30. The summed E-state index contributed by atoms with van der Waals surface area (Å²) < 4.78 is 16.2. The summed E-state index contributed by atoms with van der Waals surface area (Å²) >= 11 is 0. The third-order valence-electron chi connectivity index (χ3n) is 3.62. The van der Waals surface area contributed by atoms with Gasteiger partial charge in [0.15, 0.2) is 11.5 Å². The Kier molecular flexibility index (Phi) is 5.34. The summed E-state index contributed by atoms with van der Waals surface area (Å²) in [6.07, 6.45) is 1.60. The van der Waals surface area contributed by atoms with Gasteiger partial charge in [0.1, 0.15) is 11.4 Å². The van der Waals surface area contributed by atoms with Gasteiger partial charge in [0, 0.05) is 11.8 Å². The fourth-order valence-electron chi connectivity index (χ4n) is 2.34. The Hall–Kier alpha value is -3.54. The van der Waals surface area contributed by atoms with Gasteiger partial charge in [0.05, 0.1) is 14.2 Å². The number of carbonyl (C=O) groups is 1. The summed E-state index contributed by atoms with van der Waals surface area (Å²) in [6, 6.07) is 17.6. The number of para-hydroxylation sites is 1. The second-order valence-corrected chi connectivity index (χ2v) is 5.30. The average Bonchev–Trinajstić information content (AvgIpc) is 2.69. The quantitative estimate of drug-likeness (QED) is 0.723. The maximum absolute atomic E-state index is 12.6. The van der Waals surface area contributed by atoms with E-state index in [1.165, 1.54) is 7.11 Å². The van der Waals surface area contributed by atoms with E-state index in [1.54, 1.807) is 43.6 Å². The van der Waals surface area contributed by atoms with Crippen LogP contribution < -0.4 is 19.5 Å². The van der Waals surface area contributed by atoms with E-state index < -0.39 is 0 Å². The van der Waals surface area contributed by atoms with Gasteiger partial charge in [0.25, 0.3) is 5.91 Å². The van der Waals surface area contributed by atoms with Gasteiger partial charge in [-0.05, 0) is 42.5 Å². The predicted octanol–water partition coefficient (Wildman–Crippen LogP) is 4.14. The molecule has 0 saturated heterocycles. The van der Waals surface area contributed by atoms with E-state index >= 15 is 0 Å². The zero-order chi connectivity index (χ0) is 18.4. The maximum Gasteiger partial charge on any atom is 0.255 e. The Morgan fingerprint density at radius 3 is 2.42 bits per heavy atom. The minimum atomic E-state index is -0.308. The fraction of sp³-hybridized carbons (Fsp3) is 0.100. The minimum absolute atomic E-state index is 0.308. The number of aromatic nitrogens is 1. The van der Waals surface area contributed by atoms with Crippen molar-refractivity contribution >= 4 is 11.6 Å². The van der Waals surface area contributed by atoms with E-state index in [9.17, 15) is 4.79 Å². The third kappa shape index (κ3) is 3.92. The van der Waals surface area contributed by atoms with Crippen LogP contribution in [0.2, 0.25) is 0 Å². The van der Waals surface area contributed by atoms with Crippen LogP contribution in [0.4, 0.5) is 5.69 Å². The number of anilines is 1. The zero-order valence-corrected chi connectivity index (χ0v) is 14.4. The lowest BCUT2D eigenvalue weighted by Gasteiger charge is -2.12. The number of amides is 1. The van der Waals surface area contributed by atoms with E-state index in [2.05, 4.69) is 10.3 Å². The number of nitrogens with zero attached hydrogens (tertiary/aromatic N) is 1. The van der Waals surface area contributed by atoms with Crippen molar-refractivity contribution in [1.29, 1.82) is 0 Å². The lowest BCUT2D eigenvalue weighted by molar-refractivity contribution is 0.102. The number of hydrogen-bond donors (Lipinski definition) is 1.